The molecule has 3 unspecified atom stereocenters. The highest BCUT2D eigenvalue weighted by Crippen LogP contribution is 2.55. The lowest BCUT2D eigenvalue weighted by Gasteiger charge is -2.54. The predicted octanol–water partition coefficient (Wildman–Crippen LogP) is 5.83. The van der Waals surface area contributed by atoms with E-state index in [2.05, 4.69) is 64.2 Å². The first-order valence-corrected chi connectivity index (χ1v) is 12.1. The van der Waals surface area contributed by atoms with Crippen LogP contribution in [-0.4, -0.2) is 14.4 Å². The Labute approximate surface area is 141 Å². The summed E-state index contributed by atoms with van der Waals surface area (Å²) in [5.74, 6) is 3.55. The van der Waals surface area contributed by atoms with Gasteiger partial charge in [-0.3, -0.25) is 0 Å². The lowest BCUT2D eigenvalue weighted by Crippen LogP contribution is -2.57. The monoisotopic (exact) mass is 334 g/mol. The van der Waals surface area contributed by atoms with Crippen molar-refractivity contribution in [2.75, 3.05) is 0 Å². The van der Waals surface area contributed by atoms with Gasteiger partial charge >= 0.3 is 0 Å². The highest BCUT2D eigenvalue weighted by molar-refractivity contribution is 7.10. The summed E-state index contributed by atoms with van der Waals surface area (Å²) < 4.78 is 6.85. The second-order valence-corrected chi connectivity index (χ2v) is 13.9. The van der Waals surface area contributed by atoms with Gasteiger partial charge < -0.3 is 4.43 Å². The van der Waals surface area contributed by atoms with Gasteiger partial charge in [0.05, 0.1) is 6.10 Å². The van der Waals surface area contributed by atoms with Gasteiger partial charge in [-0.25, -0.2) is 0 Å². The predicted molar refractivity (Wildman–Crippen MR) is 99.9 cm³/mol. The zero-order chi connectivity index (χ0) is 16.6. The lowest BCUT2D eigenvalue weighted by molar-refractivity contribution is -0.00255. The van der Waals surface area contributed by atoms with E-state index in [1.807, 2.05) is 11.3 Å². The molecule has 3 atom stereocenters. The first-order chi connectivity index (χ1) is 10.1. The third kappa shape index (κ3) is 2.94. The largest absolute Gasteiger partial charge is 0.412 e. The Morgan fingerprint density at radius 3 is 2.55 bits per heavy atom. The number of thiophene rings is 1. The molecular weight excluding hydrogens is 304 g/mol. The first kappa shape index (κ1) is 17.8. The van der Waals surface area contributed by atoms with E-state index in [0.29, 0.717) is 5.92 Å². The number of rotatable bonds is 5. The van der Waals surface area contributed by atoms with Crippen LogP contribution in [0.4, 0.5) is 0 Å². The van der Waals surface area contributed by atoms with E-state index >= 15 is 0 Å². The molecular formula is C19H30OSSi. The minimum atomic E-state index is -1.83. The molecule has 3 heteroatoms. The Kier molecular flexibility index (Phi) is 4.97. The van der Waals surface area contributed by atoms with Crippen LogP contribution in [0.15, 0.2) is 17.5 Å². The summed E-state index contributed by atoms with van der Waals surface area (Å²) in [5, 5.41) is 2.39. The van der Waals surface area contributed by atoms with Gasteiger partial charge in [-0.2, -0.15) is 0 Å². The maximum absolute atomic E-state index is 6.85. The van der Waals surface area contributed by atoms with Crippen LogP contribution in [0.5, 0.6) is 0 Å². The van der Waals surface area contributed by atoms with Crippen LogP contribution < -0.4 is 0 Å². The fourth-order valence-electron chi connectivity index (χ4n) is 3.26. The summed E-state index contributed by atoms with van der Waals surface area (Å²) in [6.07, 6.45) is 9.07. The molecule has 0 saturated heterocycles. The van der Waals surface area contributed by atoms with Crippen LogP contribution >= 0.6 is 11.3 Å². The lowest BCUT2D eigenvalue weighted by atomic mass is 9.56. The SMILES string of the molecule is C#CCC(O[Si](C)(C)C(C)(C)C)C1(c2cccs2)CCC1C. The van der Waals surface area contributed by atoms with Gasteiger partial charge in [-0.15, -0.1) is 23.7 Å². The Morgan fingerprint density at radius 2 is 2.18 bits per heavy atom. The van der Waals surface area contributed by atoms with Crippen molar-refractivity contribution in [1.29, 1.82) is 0 Å². The number of terminal acetylenes is 1. The Morgan fingerprint density at radius 1 is 1.50 bits per heavy atom. The van der Waals surface area contributed by atoms with E-state index in [4.69, 9.17) is 10.8 Å². The second kappa shape index (κ2) is 6.15. The van der Waals surface area contributed by atoms with Gasteiger partial charge in [0.2, 0.25) is 0 Å². The van der Waals surface area contributed by atoms with Gasteiger partial charge in [0.25, 0.3) is 0 Å². The minimum absolute atomic E-state index is 0.135. The van der Waals surface area contributed by atoms with Crippen molar-refractivity contribution in [3.63, 3.8) is 0 Å². The second-order valence-electron chi connectivity index (χ2n) is 8.23. The van der Waals surface area contributed by atoms with Crippen molar-refractivity contribution in [2.45, 2.75) is 76.6 Å². The van der Waals surface area contributed by atoms with Crippen molar-refractivity contribution in [1.82, 2.24) is 0 Å². The van der Waals surface area contributed by atoms with Crippen LogP contribution in [0.3, 0.4) is 0 Å². The van der Waals surface area contributed by atoms with E-state index in [9.17, 15) is 0 Å². The fraction of sp³-hybridized carbons (Fsp3) is 0.684. The molecule has 22 heavy (non-hydrogen) atoms. The Hall–Kier alpha value is -0.563. The zero-order valence-corrected chi connectivity index (χ0v) is 16.7. The van der Waals surface area contributed by atoms with E-state index < -0.39 is 8.32 Å². The summed E-state index contributed by atoms with van der Waals surface area (Å²) in [6, 6.07) is 4.44. The molecule has 1 aliphatic carbocycles. The molecule has 0 amide bonds. The van der Waals surface area contributed by atoms with Crippen LogP contribution in [0.2, 0.25) is 18.1 Å². The smallest absolute Gasteiger partial charge is 0.192 e. The average Bonchev–Trinajstić information content (AvgIpc) is 2.90. The summed E-state index contributed by atoms with van der Waals surface area (Å²) in [5.41, 5.74) is 0.135. The molecule has 1 aliphatic rings. The molecule has 0 N–H and O–H groups in total. The highest BCUT2D eigenvalue weighted by Gasteiger charge is 2.54. The molecule has 0 radical (unpaired) electrons. The molecule has 1 fully saturated rings. The molecule has 1 aromatic heterocycles. The van der Waals surface area contributed by atoms with Crippen molar-refractivity contribution >= 4 is 19.7 Å². The van der Waals surface area contributed by atoms with Crippen LogP contribution in [0.1, 0.15) is 51.8 Å². The van der Waals surface area contributed by atoms with Crippen molar-refractivity contribution in [2.24, 2.45) is 5.92 Å². The molecule has 0 aliphatic heterocycles. The first-order valence-electron chi connectivity index (χ1n) is 8.30. The molecule has 1 aromatic rings. The number of hydrogen-bond donors (Lipinski definition) is 0. The Balaban J connectivity index is 2.36. The van der Waals surface area contributed by atoms with Crippen molar-refractivity contribution < 1.29 is 4.43 Å². The summed E-state index contributed by atoms with van der Waals surface area (Å²) in [4.78, 5) is 1.46. The molecule has 1 heterocycles. The Bertz CT molecular complexity index is 535. The van der Waals surface area contributed by atoms with Gasteiger partial charge in [0.1, 0.15) is 0 Å². The number of hydrogen-bond acceptors (Lipinski definition) is 2. The highest BCUT2D eigenvalue weighted by atomic mass is 32.1. The van der Waals surface area contributed by atoms with Crippen LogP contribution in [0, 0.1) is 18.3 Å². The molecule has 0 bridgehead atoms. The van der Waals surface area contributed by atoms with E-state index in [1.54, 1.807) is 0 Å². The molecule has 0 aromatic carbocycles. The quantitative estimate of drug-likeness (QED) is 0.486. The molecule has 122 valence electrons. The molecule has 0 spiro atoms. The fourth-order valence-corrected chi connectivity index (χ4v) is 5.73. The van der Waals surface area contributed by atoms with Crippen LogP contribution in [-0.2, 0) is 9.84 Å². The molecule has 1 nitrogen and oxygen atoms in total. The molecule has 2 rings (SSSR count). The standard InChI is InChI=1S/C19H30OSSi/c1-8-10-16(20-22(6,7)18(3,4)5)19(13-12-15(19)2)17-11-9-14-21-17/h1,9,11,14-16H,10,12-13H2,2-7H3. The van der Waals surface area contributed by atoms with E-state index in [0.717, 1.165) is 6.42 Å². The summed E-state index contributed by atoms with van der Waals surface area (Å²) in [7, 11) is -1.83. The third-order valence-electron chi connectivity index (χ3n) is 5.97. The molecule has 1 saturated carbocycles. The van der Waals surface area contributed by atoms with E-state index in [1.165, 1.54) is 17.7 Å². The maximum atomic E-state index is 6.85. The van der Waals surface area contributed by atoms with Crippen molar-refractivity contribution in [3.8, 4) is 12.3 Å². The maximum Gasteiger partial charge on any atom is 0.192 e. The summed E-state index contributed by atoms with van der Waals surface area (Å²) in [6.45, 7) is 13.9. The van der Waals surface area contributed by atoms with Gasteiger partial charge in [0, 0.05) is 16.7 Å². The van der Waals surface area contributed by atoms with Crippen LogP contribution in [0.25, 0.3) is 0 Å². The normalized spacial score (nSPS) is 27.0. The third-order valence-corrected chi connectivity index (χ3v) is 11.5. The topological polar surface area (TPSA) is 9.23 Å². The van der Waals surface area contributed by atoms with Gasteiger partial charge in [-0.05, 0) is 48.3 Å². The minimum Gasteiger partial charge on any atom is -0.412 e. The average molecular weight is 335 g/mol. The summed E-state index contributed by atoms with van der Waals surface area (Å²) >= 11 is 1.86. The van der Waals surface area contributed by atoms with E-state index in [-0.39, 0.29) is 16.6 Å². The van der Waals surface area contributed by atoms with Crippen molar-refractivity contribution in [3.05, 3.63) is 22.4 Å². The zero-order valence-electron chi connectivity index (χ0n) is 14.9. The van der Waals surface area contributed by atoms with Gasteiger partial charge in [0.15, 0.2) is 8.32 Å². The van der Waals surface area contributed by atoms with Gasteiger partial charge in [-0.1, -0.05) is 33.8 Å².